The van der Waals surface area contributed by atoms with Crippen molar-refractivity contribution in [1.29, 1.82) is 0 Å². The van der Waals surface area contributed by atoms with Crippen LogP contribution in [0, 0.1) is 6.92 Å². The van der Waals surface area contributed by atoms with Gasteiger partial charge in [-0.1, -0.05) is 18.2 Å². The Hall–Kier alpha value is -1.48. The van der Waals surface area contributed by atoms with Crippen LogP contribution in [0.4, 0.5) is 5.69 Å². The first kappa shape index (κ1) is 11.0. The predicted molar refractivity (Wildman–Crippen MR) is 69.8 cm³/mol. The number of anilines is 1. The number of ether oxygens (including phenoxy) is 1. The number of nitrogens with two attached hydrogens (primary N) is 1. The van der Waals surface area contributed by atoms with Crippen LogP contribution in [0.2, 0.25) is 0 Å². The molecule has 0 aromatic heterocycles. The van der Waals surface area contributed by atoms with E-state index < -0.39 is 0 Å². The smallest absolute Gasteiger partial charge is 0.141 e. The van der Waals surface area contributed by atoms with Gasteiger partial charge in [0, 0.05) is 5.69 Å². The largest absolute Gasteiger partial charge is 0.456 e. The number of para-hydroxylation sites is 1. The minimum atomic E-state index is 0.712. The molecule has 2 aromatic carbocycles. The first-order valence-corrected chi connectivity index (χ1v) is 5.74. The number of aryl methyl sites for hydroxylation is 1. The fraction of sp³-hybridized carbons (Fsp3) is 0.0769. The van der Waals surface area contributed by atoms with Gasteiger partial charge in [0.15, 0.2) is 0 Å². The van der Waals surface area contributed by atoms with Crippen molar-refractivity contribution in [3.63, 3.8) is 0 Å². The molecule has 0 unspecified atom stereocenters. The molecule has 16 heavy (non-hydrogen) atoms. The third-order valence-corrected chi connectivity index (χ3v) is 2.89. The highest BCUT2D eigenvalue weighted by Crippen LogP contribution is 2.32. The maximum absolute atomic E-state index is 5.79. The minimum Gasteiger partial charge on any atom is -0.456 e. The van der Waals surface area contributed by atoms with Gasteiger partial charge in [0.25, 0.3) is 0 Å². The van der Waals surface area contributed by atoms with Crippen LogP contribution >= 0.6 is 15.9 Å². The van der Waals surface area contributed by atoms with Crippen molar-refractivity contribution >= 4 is 21.6 Å². The zero-order chi connectivity index (χ0) is 11.5. The van der Waals surface area contributed by atoms with E-state index in [4.69, 9.17) is 10.5 Å². The number of hydrogen-bond donors (Lipinski definition) is 1. The minimum absolute atomic E-state index is 0.712. The van der Waals surface area contributed by atoms with Crippen LogP contribution in [0.3, 0.4) is 0 Å². The van der Waals surface area contributed by atoms with Crippen molar-refractivity contribution in [2.75, 3.05) is 5.73 Å². The highest BCUT2D eigenvalue weighted by atomic mass is 79.9. The van der Waals surface area contributed by atoms with Crippen molar-refractivity contribution in [1.82, 2.24) is 0 Å². The van der Waals surface area contributed by atoms with E-state index in [0.29, 0.717) is 5.69 Å². The van der Waals surface area contributed by atoms with Crippen LogP contribution < -0.4 is 10.5 Å². The molecule has 0 saturated heterocycles. The van der Waals surface area contributed by atoms with Crippen LogP contribution in [0.5, 0.6) is 11.5 Å². The van der Waals surface area contributed by atoms with Gasteiger partial charge in [0.1, 0.15) is 11.5 Å². The summed E-state index contributed by atoms with van der Waals surface area (Å²) in [6.45, 7) is 2.01. The monoisotopic (exact) mass is 277 g/mol. The van der Waals surface area contributed by atoms with Crippen molar-refractivity contribution in [2.24, 2.45) is 0 Å². The molecule has 0 saturated carbocycles. The lowest BCUT2D eigenvalue weighted by Gasteiger charge is -2.10. The summed E-state index contributed by atoms with van der Waals surface area (Å²) in [6, 6.07) is 13.4. The number of nitrogen functional groups attached to an aromatic ring is 1. The average Bonchev–Trinajstić information content (AvgIpc) is 2.25. The molecule has 0 aliphatic rings. The van der Waals surface area contributed by atoms with Gasteiger partial charge in [-0.3, -0.25) is 0 Å². The number of benzene rings is 2. The van der Waals surface area contributed by atoms with Gasteiger partial charge >= 0.3 is 0 Å². The number of hydrogen-bond acceptors (Lipinski definition) is 2. The Morgan fingerprint density at radius 1 is 1.06 bits per heavy atom. The molecule has 0 fully saturated rings. The summed E-state index contributed by atoms with van der Waals surface area (Å²) < 4.78 is 6.65. The summed E-state index contributed by atoms with van der Waals surface area (Å²) in [5.74, 6) is 1.62. The molecular formula is C13H12BrNO. The molecule has 2 aromatic rings. The summed E-state index contributed by atoms with van der Waals surface area (Å²) in [7, 11) is 0. The number of rotatable bonds is 2. The maximum atomic E-state index is 5.79. The molecule has 0 amide bonds. The van der Waals surface area contributed by atoms with Crippen LogP contribution in [-0.2, 0) is 0 Å². The first-order chi connectivity index (χ1) is 7.66. The van der Waals surface area contributed by atoms with Gasteiger partial charge in [-0.05, 0) is 52.7 Å². The van der Waals surface area contributed by atoms with Gasteiger partial charge in [-0.15, -0.1) is 0 Å². The normalized spacial score (nSPS) is 10.1. The standard InChI is InChI=1S/C13H12BrNO/c1-9-4-2-3-5-12(9)16-13-7-6-10(15)8-11(13)14/h2-8H,15H2,1H3. The van der Waals surface area contributed by atoms with E-state index in [0.717, 1.165) is 21.5 Å². The molecule has 3 heteroatoms. The molecule has 0 spiro atoms. The average molecular weight is 278 g/mol. The van der Waals surface area contributed by atoms with E-state index in [1.54, 1.807) is 0 Å². The zero-order valence-corrected chi connectivity index (χ0v) is 10.5. The van der Waals surface area contributed by atoms with Crippen molar-refractivity contribution in [2.45, 2.75) is 6.92 Å². The van der Waals surface area contributed by atoms with Gasteiger partial charge in [-0.2, -0.15) is 0 Å². The number of halogens is 1. The third-order valence-electron chi connectivity index (χ3n) is 2.27. The summed E-state index contributed by atoms with van der Waals surface area (Å²) in [4.78, 5) is 0. The molecule has 0 heterocycles. The van der Waals surface area contributed by atoms with Crippen LogP contribution in [0.1, 0.15) is 5.56 Å². The van der Waals surface area contributed by atoms with E-state index in [1.807, 2.05) is 49.4 Å². The summed E-state index contributed by atoms with van der Waals surface area (Å²) in [5, 5.41) is 0. The summed E-state index contributed by atoms with van der Waals surface area (Å²) >= 11 is 3.42. The van der Waals surface area contributed by atoms with E-state index in [-0.39, 0.29) is 0 Å². The van der Waals surface area contributed by atoms with E-state index in [9.17, 15) is 0 Å². The SMILES string of the molecule is Cc1ccccc1Oc1ccc(N)cc1Br. The quantitative estimate of drug-likeness (QED) is 0.838. The zero-order valence-electron chi connectivity index (χ0n) is 8.91. The molecule has 0 atom stereocenters. The topological polar surface area (TPSA) is 35.2 Å². The van der Waals surface area contributed by atoms with Crippen LogP contribution in [0.15, 0.2) is 46.9 Å². The fourth-order valence-corrected chi connectivity index (χ4v) is 1.87. The molecule has 0 aliphatic carbocycles. The summed E-state index contributed by atoms with van der Waals surface area (Å²) in [5.41, 5.74) is 7.48. The fourth-order valence-electron chi connectivity index (χ4n) is 1.39. The lowest BCUT2D eigenvalue weighted by atomic mass is 10.2. The second-order valence-corrected chi connectivity index (χ2v) is 4.41. The van der Waals surface area contributed by atoms with Crippen molar-refractivity contribution in [3.05, 3.63) is 52.5 Å². The molecule has 0 bridgehead atoms. The van der Waals surface area contributed by atoms with E-state index in [1.165, 1.54) is 0 Å². The van der Waals surface area contributed by atoms with Crippen molar-refractivity contribution < 1.29 is 4.74 Å². The second kappa shape index (κ2) is 4.58. The second-order valence-electron chi connectivity index (χ2n) is 3.56. The lowest BCUT2D eigenvalue weighted by molar-refractivity contribution is 0.476. The Morgan fingerprint density at radius 2 is 1.81 bits per heavy atom. The molecule has 82 valence electrons. The first-order valence-electron chi connectivity index (χ1n) is 4.95. The molecule has 0 aliphatic heterocycles. The van der Waals surface area contributed by atoms with Crippen LogP contribution in [-0.4, -0.2) is 0 Å². The molecular weight excluding hydrogens is 266 g/mol. The Balaban J connectivity index is 2.31. The third kappa shape index (κ3) is 2.36. The Kier molecular flexibility index (Phi) is 3.15. The molecule has 2 nitrogen and oxygen atoms in total. The molecule has 0 radical (unpaired) electrons. The highest BCUT2D eigenvalue weighted by molar-refractivity contribution is 9.10. The van der Waals surface area contributed by atoms with Gasteiger partial charge in [-0.25, -0.2) is 0 Å². The van der Waals surface area contributed by atoms with Gasteiger partial charge in [0.2, 0.25) is 0 Å². The Labute approximate surface area is 103 Å². The van der Waals surface area contributed by atoms with E-state index in [2.05, 4.69) is 15.9 Å². The molecule has 2 rings (SSSR count). The van der Waals surface area contributed by atoms with Crippen molar-refractivity contribution in [3.8, 4) is 11.5 Å². The highest BCUT2D eigenvalue weighted by Gasteiger charge is 2.04. The van der Waals surface area contributed by atoms with Gasteiger partial charge in [0.05, 0.1) is 4.47 Å². The Bertz CT molecular complexity index is 511. The predicted octanol–water partition coefficient (Wildman–Crippen LogP) is 4.13. The maximum Gasteiger partial charge on any atom is 0.141 e. The Morgan fingerprint density at radius 3 is 2.50 bits per heavy atom. The lowest BCUT2D eigenvalue weighted by Crippen LogP contribution is -1.90. The van der Waals surface area contributed by atoms with Crippen LogP contribution in [0.25, 0.3) is 0 Å². The molecule has 2 N–H and O–H groups in total. The summed E-state index contributed by atoms with van der Waals surface area (Å²) in [6.07, 6.45) is 0. The van der Waals surface area contributed by atoms with E-state index >= 15 is 0 Å². The van der Waals surface area contributed by atoms with Gasteiger partial charge < -0.3 is 10.5 Å².